The zero-order valence-electron chi connectivity index (χ0n) is 9.66. The van der Waals surface area contributed by atoms with Gasteiger partial charge in [-0.3, -0.25) is 0 Å². The summed E-state index contributed by atoms with van der Waals surface area (Å²) in [6.07, 6.45) is 0.933. The van der Waals surface area contributed by atoms with Crippen molar-refractivity contribution in [2.24, 2.45) is 5.73 Å². The Hall–Kier alpha value is -1.13. The molecule has 3 nitrogen and oxygen atoms in total. The van der Waals surface area contributed by atoms with Crippen molar-refractivity contribution in [3.05, 3.63) is 24.3 Å². The number of hydrogen-bond acceptors (Lipinski definition) is 4. The lowest BCUT2D eigenvalue weighted by Gasteiger charge is -2.24. The van der Waals surface area contributed by atoms with E-state index in [0.29, 0.717) is 6.54 Å². The molecule has 0 spiro atoms. The van der Waals surface area contributed by atoms with Gasteiger partial charge in [-0.25, -0.2) is 4.98 Å². The zero-order chi connectivity index (χ0) is 11.6. The molecule has 1 aromatic carbocycles. The van der Waals surface area contributed by atoms with E-state index >= 15 is 0 Å². The van der Waals surface area contributed by atoms with Crippen LogP contribution in [0.1, 0.15) is 20.3 Å². The predicted molar refractivity (Wildman–Crippen MR) is 71.0 cm³/mol. The number of nitrogens with two attached hydrogens (primary N) is 1. The maximum absolute atomic E-state index is 5.59. The summed E-state index contributed by atoms with van der Waals surface area (Å²) in [7, 11) is 0. The molecular weight excluding hydrogens is 218 g/mol. The molecule has 2 rings (SSSR count). The summed E-state index contributed by atoms with van der Waals surface area (Å²) in [5, 5.41) is 4.41. The number of nitrogens with zero attached hydrogens (tertiary/aromatic N) is 1. The van der Waals surface area contributed by atoms with Gasteiger partial charge in [0.2, 0.25) is 0 Å². The maximum atomic E-state index is 5.59. The van der Waals surface area contributed by atoms with Crippen molar-refractivity contribution in [2.45, 2.75) is 25.8 Å². The average molecular weight is 235 g/mol. The molecule has 16 heavy (non-hydrogen) atoms. The van der Waals surface area contributed by atoms with Gasteiger partial charge in [0.15, 0.2) is 5.13 Å². The normalized spacial score (nSPS) is 11.9. The van der Waals surface area contributed by atoms with Crippen LogP contribution in [0.5, 0.6) is 0 Å². The summed E-state index contributed by atoms with van der Waals surface area (Å²) in [5.74, 6) is 0. The van der Waals surface area contributed by atoms with E-state index < -0.39 is 0 Å². The number of rotatable bonds is 4. The Morgan fingerprint density at radius 2 is 2.12 bits per heavy atom. The van der Waals surface area contributed by atoms with Crippen molar-refractivity contribution in [3.63, 3.8) is 0 Å². The van der Waals surface area contributed by atoms with Gasteiger partial charge in [0, 0.05) is 5.54 Å². The van der Waals surface area contributed by atoms with Crippen LogP contribution in [0.25, 0.3) is 10.2 Å². The largest absolute Gasteiger partial charge is 0.357 e. The fourth-order valence-electron chi connectivity index (χ4n) is 1.64. The zero-order valence-corrected chi connectivity index (χ0v) is 10.5. The molecular formula is C12H17N3S. The van der Waals surface area contributed by atoms with Gasteiger partial charge in [0.1, 0.15) is 0 Å². The SMILES string of the molecule is CC(C)(CCN)Nc1nc2ccccc2s1. The van der Waals surface area contributed by atoms with Crippen LogP contribution in [-0.2, 0) is 0 Å². The lowest BCUT2D eigenvalue weighted by molar-refractivity contribution is 0.526. The van der Waals surface area contributed by atoms with E-state index in [9.17, 15) is 0 Å². The first-order valence-electron chi connectivity index (χ1n) is 5.44. The first-order chi connectivity index (χ1) is 7.61. The Bertz CT molecular complexity index is 443. The van der Waals surface area contributed by atoms with E-state index in [4.69, 9.17) is 5.73 Å². The molecule has 86 valence electrons. The third-order valence-electron chi connectivity index (χ3n) is 2.51. The summed E-state index contributed by atoms with van der Waals surface area (Å²) < 4.78 is 1.22. The van der Waals surface area contributed by atoms with Crippen LogP contribution < -0.4 is 11.1 Å². The number of nitrogens with one attached hydrogen (secondary N) is 1. The number of thiazole rings is 1. The lowest BCUT2D eigenvalue weighted by Crippen LogP contribution is -2.33. The highest BCUT2D eigenvalue weighted by molar-refractivity contribution is 7.22. The molecule has 1 aromatic heterocycles. The van der Waals surface area contributed by atoms with Crippen LogP contribution in [-0.4, -0.2) is 17.1 Å². The molecule has 0 atom stereocenters. The second-order valence-electron chi connectivity index (χ2n) is 4.53. The van der Waals surface area contributed by atoms with E-state index in [-0.39, 0.29) is 5.54 Å². The van der Waals surface area contributed by atoms with Crippen molar-refractivity contribution in [3.8, 4) is 0 Å². The number of fused-ring (bicyclic) bond motifs is 1. The summed E-state index contributed by atoms with van der Waals surface area (Å²) in [6, 6.07) is 8.17. The number of benzene rings is 1. The van der Waals surface area contributed by atoms with E-state index in [1.165, 1.54) is 4.70 Å². The highest BCUT2D eigenvalue weighted by Crippen LogP contribution is 2.28. The topological polar surface area (TPSA) is 50.9 Å². The van der Waals surface area contributed by atoms with Crippen molar-refractivity contribution in [2.75, 3.05) is 11.9 Å². The van der Waals surface area contributed by atoms with E-state index in [1.54, 1.807) is 11.3 Å². The Kier molecular flexibility index (Phi) is 3.12. The van der Waals surface area contributed by atoms with Gasteiger partial charge in [-0.15, -0.1) is 0 Å². The average Bonchev–Trinajstić information content (AvgIpc) is 2.58. The summed E-state index contributed by atoms with van der Waals surface area (Å²) in [4.78, 5) is 4.55. The minimum absolute atomic E-state index is 0.00261. The van der Waals surface area contributed by atoms with Crippen LogP contribution >= 0.6 is 11.3 Å². The van der Waals surface area contributed by atoms with Crippen molar-refractivity contribution in [1.29, 1.82) is 0 Å². The standard InChI is InChI=1S/C12H17N3S/c1-12(2,7-8-13)15-11-14-9-5-3-4-6-10(9)16-11/h3-6H,7-8,13H2,1-2H3,(H,14,15). The molecule has 0 aliphatic carbocycles. The number of aromatic nitrogens is 1. The molecule has 0 unspecified atom stereocenters. The second-order valence-corrected chi connectivity index (χ2v) is 5.56. The van der Waals surface area contributed by atoms with Gasteiger partial charge in [-0.2, -0.15) is 0 Å². The fraction of sp³-hybridized carbons (Fsp3) is 0.417. The summed E-state index contributed by atoms with van der Waals surface area (Å²) in [6.45, 7) is 4.97. The van der Waals surface area contributed by atoms with Crippen LogP contribution in [0.4, 0.5) is 5.13 Å². The molecule has 0 saturated carbocycles. The monoisotopic (exact) mass is 235 g/mol. The minimum Gasteiger partial charge on any atom is -0.357 e. The molecule has 3 N–H and O–H groups in total. The molecule has 2 aromatic rings. The quantitative estimate of drug-likeness (QED) is 0.856. The second kappa shape index (κ2) is 4.39. The van der Waals surface area contributed by atoms with Gasteiger partial charge >= 0.3 is 0 Å². The molecule has 0 bridgehead atoms. The van der Waals surface area contributed by atoms with E-state index in [0.717, 1.165) is 17.1 Å². The van der Waals surface area contributed by atoms with Gasteiger partial charge < -0.3 is 11.1 Å². The Morgan fingerprint density at radius 1 is 1.38 bits per heavy atom. The lowest BCUT2D eigenvalue weighted by atomic mass is 10.0. The van der Waals surface area contributed by atoms with E-state index in [2.05, 4.69) is 30.2 Å². The van der Waals surface area contributed by atoms with Crippen molar-refractivity contribution < 1.29 is 0 Å². The molecule has 0 saturated heterocycles. The smallest absolute Gasteiger partial charge is 0.184 e. The maximum Gasteiger partial charge on any atom is 0.184 e. The molecule has 0 fully saturated rings. The first-order valence-corrected chi connectivity index (χ1v) is 6.26. The number of hydrogen-bond donors (Lipinski definition) is 2. The molecule has 0 radical (unpaired) electrons. The molecule has 1 heterocycles. The summed E-state index contributed by atoms with van der Waals surface area (Å²) >= 11 is 1.69. The van der Waals surface area contributed by atoms with Crippen LogP contribution in [0, 0.1) is 0 Å². The highest BCUT2D eigenvalue weighted by atomic mass is 32.1. The third kappa shape index (κ3) is 2.51. The van der Waals surface area contributed by atoms with Crippen LogP contribution in [0.2, 0.25) is 0 Å². The molecule has 4 heteroatoms. The molecule has 0 aliphatic rings. The summed E-state index contributed by atoms with van der Waals surface area (Å²) in [5.41, 5.74) is 6.64. The van der Waals surface area contributed by atoms with Gasteiger partial charge in [0.05, 0.1) is 10.2 Å². The van der Waals surface area contributed by atoms with Gasteiger partial charge in [-0.1, -0.05) is 23.5 Å². The van der Waals surface area contributed by atoms with E-state index in [1.807, 2.05) is 18.2 Å². The Labute approximate surface area is 99.7 Å². The minimum atomic E-state index is 0.00261. The third-order valence-corrected chi connectivity index (χ3v) is 3.46. The van der Waals surface area contributed by atoms with Gasteiger partial charge in [0.25, 0.3) is 0 Å². The van der Waals surface area contributed by atoms with Gasteiger partial charge in [-0.05, 0) is 38.9 Å². The molecule has 0 amide bonds. The van der Waals surface area contributed by atoms with Crippen molar-refractivity contribution in [1.82, 2.24) is 4.98 Å². The predicted octanol–water partition coefficient (Wildman–Crippen LogP) is 2.84. The number of para-hydroxylation sites is 1. The fourth-order valence-corrected chi connectivity index (χ4v) is 2.68. The van der Waals surface area contributed by atoms with Crippen LogP contribution in [0.3, 0.4) is 0 Å². The number of anilines is 1. The Balaban J connectivity index is 2.21. The first kappa shape index (κ1) is 11.4. The van der Waals surface area contributed by atoms with Crippen LogP contribution in [0.15, 0.2) is 24.3 Å². The Morgan fingerprint density at radius 3 is 2.81 bits per heavy atom. The highest BCUT2D eigenvalue weighted by Gasteiger charge is 2.17. The van der Waals surface area contributed by atoms with Crippen molar-refractivity contribution >= 4 is 26.7 Å². The molecule has 0 aliphatic heterocycles.